The second kappa shape index (κ2) is 5.30. The summed E-state index contributed by atoms with van der Waals surface area (Å²) in [4.78, 5) is 10.8. The summed E-state index contributed by atoms with van der Waals surface area (Å²) < 4.78 is 31.9. The van der Waals surface area contributed by atoms with Crippen molar-refractivity contribution < 1.29 is 23.4 Å². The summed E-state index contributed by atoms with van der Waals surface area (Å²) >= 11 is 0. The standard InChI is InChI=1S/C12H15F2NO3/c1-12(2,11(16)17)6-18-10-8(13)3-7(5-15)4-9(10)14/h3-4H,5-6,15H2,1-2H3,(H,16,17). The van der Waals surface area contributed by atoms with Crippen molar-refractivity contribution in [3.8, 4) is 5.75 Å². The van der Waals surface area contributed by atoms with Gasteiger partial charge in [0.1, 0.15) is 6.61 Å². The molecule has 0 aromatic heterocycles. The molecule has 0 aliphatic carbocycles. The van der Waals surface area contributed by atoms with Crippen LogP contribution < -0.4 is 10.5 Å². The van der Waals surface area contributed by atoms with Gasteiger partial charge in [-0.2, -0.15) is 0 Å². The molecule has 0 radical (unpaired) electrons. The molecule has 100 valence electrons. The van der Waals surface area contributed by atoms with Gasteiger partial charge in [-0.1, -0.05) is 0 Å². The molecule has 3 N–H and O–H groups in total. The summed E-state index contributed by atoms with van der Waals surface area (Å²) in [5.41, 5.74) is 4.34. The Morgan fingerprint density at radius 1 is 1.39 bits per heavy atom. The number of carboxylic acids is 1. The molecule has 0 atom stereocenters. The number of ether oxygens (including phenoxy) is 1. The van der Waals surface area contributed by atoms with Crippen LogP contribution in [0.1, 0.15) is 19.4 Å². The Hall–Kier alpha value is -1.69. The van der Waals surface area contributed by atoms with Crippen molar-refractivity contribution in [2.75, 3.05) is 6.61 Å². The van der Waals surface area contributed by atoms with E-state index in [9.17, 15) is 13.6 Å². The second-order valence-electron chi connectivity index (χ2n) is 4.57. The molecule has 6 heteroatoms. The number of aliphatic carboxylic acids is 1. The van der Waals surface area contributed by atoms with E-state index in [-0.39, 0.29) is 13.2 Å². The molecule has 0 amide bonds. The highest BCUT2D eigenvalue weighted by atomic mass is 19.1. The second-order valence-corrected chi connectivity index (χ2v) is 4.57. The SMILES string of the molecule is CC(C)(COc1c(F)cc(CN)cc1F)C(=O)O. The topological polar surface area (TPSA) is 72.5 Å². The summed E-state index contributed by atoms with van der Waals surface area (Å²) in [6, 6.07) is 2.12. The van der Waals surface area contributed by atoms with Crippen molar-refractivity contribution >= 4 is 5.97 Å². The van der Waals surface area contributed by atoms with Gasteiger partial charge in [0, 0.05) is 6.54 Å². The Morgan fingerprint density at radius 3 is 2.28 bits per heavy atom. The minimum atomic E-state index is -1.23. The van der Waals surface area contributed by atoms with Crippen LogP contribution in [-0.2, 0) is 11.3 Å². The van der Waals surface area contributed by atoms with Gasteiger partial charge in [-0.25, -0.2) is 8.78 Å². The van der Waals surface area contributed by atoms with E-state index < -0.39 is 28.8 Å². The third-order valence-corrected chi connectivity index (χ3v) is 2.45. The van der Waals surface area contributed by atoms with Gasteiger partial charge in [-0.3, -0.25) is 4.79 Å². The monoisotopic (exact) mass is 259 g/mol. The fourth-order valence-corrected chi connectivity index (χ4v) is 1.18. The quantitative estimate of drug-likeness (QED) is 0.847. The molecule has 0 saturated carbocycles. The van der Waals surface area contributed by atoms with Crippen LogP contribution in [0.25, 0.3) is 0 Å². The number of hydrogen-bond donors (Lipinski definition) is 2. The van der Waals surface area contributed by atoms with Crippen LogP contribution in [0.15, 0.2) is 12.1 Å². The van der Waals surface area contributed by atoms with Crippen molar-refractivity contribution in [3.63, 3.8) is 0 Å². The Labute approximate surface area is 103 Å². The predicted molar refractivity (Wildman–Crippen MR) is 61.2 cm³/mol. The van der Waals surface area contributed by atoms with E-state index in [4.69, 9.17) is 15.6 Å². The van der Waals surface area contributed by atoms with Gasteiger partial charge in [0.05, 0.1) is 5.41 Å². The Kier molecular flexibility index (Phi) is 4.24. The lowest BCUT2D eigenvalue weighted by Crippen LogP contribution is -2.31. The molecule has 0 heterocycles. The molecule has 0 aliphatic heterocycles. The summed E-state index contributed by atoms with van der Waals surface area (Å²) in [6.07, 6.45) is 0. The highest BCUT2D eigenvalue weighted by Crippen LogP contribution is 2.26. The van der Waals surface area contributed by atoms with Crippen molar-refractivity contribution in [3.05, 3.63) is 29.3 Å². The predicted octanol–water partition coefficient (Wildman–Crippen LogP) is 1.91. The zero-order chi connectivity index (χ0) is 13.9. The van der Waals surface area contributed by atoms with Crippen LogP contribution in [0, 0.1) is 17.0 Å². The van der Waals surface area contributed by atoms with E-state index in [2.05, 4.69) is 0 Å². The minimum absolute atomic E-state index is 0.00867. The molecule has 0 fully saturated rings. The maximum absolute atomic E-state index is 13.5. The molecule has 0 saturated heterocycles. The van der Waals surface area contributed by atoms with Gasteiger partial charge < -0.3 is 15.6 Å². The molecule has 1 rings (SSSR count). The van der Waals surface area contributed by atoms with Gasteiger partial charge in [-0.15, -0.1) is 0 Å². The van der Waals surface area contributed by atoms with E-state index in [1.54, 1.807) is 0 Å². The maximum atomic E-state index is 13.5. The van der Waals surface area contributed by atoms with E-state index in [0.717, 1.165) is 12.1 Å². The number of nitrogens with two attached hydrogens (primary N) is 1. The zero-order valence-corrected chi connectivity index (χ0v) is 10.2. The number of carboxylic acid groups (broad SMARTS) is 1. The summed E-state index contributed by atoms with van der Waals surface area (Å²) in [6.45, 7) is 2.48. The van der Waals surface area contributed by atoms with Gasteiger partial charge in [-0.05, 0) is 31.5 Å². The van der Waals surface area contributed by atoms with E-state index >= 15 is 0 Å². The first-order chi connectivity index (χ1) is 8.27. The average molecular weight is 259 g/mol. The smallest absolute Gasteiger partial charge is 0.312 e. The van der Waals surface area contributed by atoms with Gasteiger partial charge in [0.15, 0.2) is 17.4 Å². The Bertz CT molecular complexity index is 438. The largest absolute Gasteiger partial charge is 0.486 e. The van der Waals surface area contributed by atoms with Gasteiger partial charge in [0.25, 0.3) is 0 Å². The first-order valence-electron chi connectivity index (χ1n) is 5.32. The highest BCUT2D eigenvalue weighted by Gasteiger charge is 2.29. The number of rotatable bonds is 5. The van der Waals surface area contributed by atoms with Crippen LogP contribution in [0.5, 0.6) is 5.75 Å². The molecule has 4 nitrogen and oxygen atoms in total. The van der Waals surface area contributed by atoms with E-state index in [1.165, 1.54) is 13.8 Å². The summed E-state index contributed by atoms with van der Waals surface area (Å²) in [7, 11) is 0. The van der Waals surface area contributed by atoms with Crippen LogP contribution in [0.4, 0.5) is 8.78 Å². The van der Waals surface area contributed by atoms with Gasteiger partial charge >= 0.3 is 5.97 Å². The molecule has 1 aromatic carbocycles. The zero-order valence-electron chi connectivity index (χ0n) is 10.2. The normalized spacial score (nSPS) is 11.4. The lowest BCUT2D eigenvalue weighted by atomic mass is 9.95. The first kappa shape index (κ1) is 14.4. The molecule has 1 aromatic rings. The maximum Gasteiger partial charge on any atom is 0.312 e. The lowest BCUT2D eigenvalue weighted by Gasteiger charge is -2.20. The number of hydrogen-bond acceptors (Lipinski definition) is 3. The van der Waals surface area contributed by atoms with Crippen molar-refractivity contribution in [1.82, 2.24) is 0 Å². The van der Waals surface area contributed by atoms with Crippen molar-refractivity contribution in [2.24, 2.45) is 11.1 Å². The van der Waals surface area contributed by atoms with E-state index in [1.807, 2.05) is 0 Å². The average Bonchev–Trinajstić information content (AvgIpc) is 2.27. The fourth-order valence-electron chi connectivity index (χ4n) is 1.18. The highest BCUT2D eigenvalue weighted by molar-refractivity contribution is 5.73. The molecular weight excluding hydrogens is 244 g/mol. The Morgan fingerprint density at radius 2 is 1.89 bits per heavy atom. The molecule has 0 unspecified atom stereocenters. The van der Waals surface area contributed by atoms with Crippen molar-refractivity contribution in [2.45, 2.75) is 20.4 Å². The van der Waals surface area contributed by atoms with Crippen molar-refractivity contribution in [1.29, 1.82) is 0 Å². The van der Waals surface area contributed by atoms with Crippen LogP contribution in [0.2, 0.25) is 0 Å². The number of benzene rings is 1. The fraction of sp³-hybridized carbons (Fsp3) is 0.417. The third-order valence-electron chi connectivity index (χ3n) is 2.45. The molecule has 0 aliphatic rings. The molecular formula is C12H15F2NO3. The summed E-state index contributed by atoms with van der Waals surface area (Å²) in [5.74, 6) is -3.48. The van der Waals surface area contributed by atoms with Crippen LogP contribution in [-0.4, -0.2) is 17.7 Å². The first-order valence-corrected chi connectivity index (χ1v) is 5.32. The molecule has 0 spiro atoms. The van der Waals surface area contributed by atoms with E-state index in [0.29, 0.717) is 5.56 Å². The lowest BCUT2D eigenvalue weighted by molar-refractivity contribution is -0.148. The minimum Gasteiger partial charge on any atom is -0.486 e. The third kappa shape index (κ3) is 3.16. The number of halogens is 2. The summed E-state index contributed by atoms with van der Waals surface area (Å²) in [5, 5.41) is 8.86. The Balaban J connectivity index is 2.89. The molecule has 0 bridgehead atoms. The van der Waals surface area contributed by atoms with Crippen LogP contribution >= 0.6 is 0 Å². The molecule has 18 heavy (non-hydrogen) atoms. The van der Waals surface area contributed by atoms with Crippen LogP contribution in [0.3, 0.4) is 0 Å². The number of carbonyl (C=O) groups is 1. The van der Waals surface area contributed by atoms with Gasteiger partial charge in [0.2, 0.25) is 0 Å².